The highest BCUT2D eigenvalue weighted by Gasteiger charge is 2.17. The molecule has 0 saturated heterocycles. The standard InChI is InChI=1S/C12H14N2O5/c1-7(11(13)15)2-3-8-4-5-9(14(18)19)6-10(8)12(16)17/h4-7H,2-3H2,1H3,(H2,13,15)(H,16,17). The first-order valence-electron chi connectivity index (χ1n) is 5.63. The van der Waals surface area contributed by atoms with Crippen molar-refractivity contribution in [3.8, 4) is 0 Å². The van der Waals surface area contributed by atoms with E-state index in [1.165, 1.54) is 12.1 Å². The highest BCUT2D eigenvalue weighted by Crippen LogP contribution is 2.20. The molecule has 0 aliphatic carbocycles. The first kappa shape index (κ1) is 14.6. The Morgan fingerprint density at radius 2 is 2.11 bits per heavy atom. The fraction of sp³-hybridized carbons (Fsp3) is 0.333. The molecule has 0 aliphatic rings. The van der Waals surface area contributed by atoms with Crippen molar-refractivity contribution in [1.29, 1.82) is 0 Å². The maximum atomic E-state index is 11.1. The summed E-state index contributed by atoms with van der Waals surface area (Å²) >= 11 is 0. The van der Waals surface area contributed by atoms with Crippen LogP contribution >= 0.6 is 0 Å². The van der Waals surface area contributed by atoms with Gasteiger partial charge in [0.2, 0.25) is 5.91 Å². The predicted molar refractivity (Wildman–Crippen MR) is 66.7 cm³/mol. The third-order valence-electron chi connectivity index (χ3n) is 2.87. The molecule has 3 N–H and O–H groups in total. The van der Waals surface area contributed by atoms with E-state index in [0.717, 1.165) is 6.07 Å². The molecule has 19 heavy (non-hydrogen) atoms. The summed E-state index contributed by atoms with van der Waals surface area (Å²) in [4.78, 5) is 31.9. The molecule has 0 fully saturated rings. The Bertz CT molecular complexity index is 527. The summed E-state index contributed by atoms with van der Waals surface area (Å²) in [7, 11) is 0. The maximum absolute atomic E-state index is 11.1. The third-order valence-corrected chi connectivity index (χ3v) is 2.87. The van der Waals surface area contributed by atoms with Crippen molar-refractivity contribution >= 4 is 17.6 Å². The van der Waals surface area contributed by atoms with Gasteiger partial charge in [0.15, 0.2) is 0 Å². The molecule has 0 spiro atoms. The molecular formula is C12H14N2O5. The van der Waals surface area contributed by atoms with Crippen molar-refractivity contribution in [2.45, 2.75) is 19.8 Å². The molecule has 1 amide bonds. The van der Waals surface area contributed by atoms with Gasteiger partial charge in [0, 0.05) is 18.1 Å². The summed E-state index contributed by atoms with van der Waals surface area (Å²) in [5.41, 5.74) is 5.17. The zero-order valence-electron chi connectivity index (χ0n) is 10.3. The number of non-ortho nitro benzene ring substituents is 1. The van der Waals surface area contributed by atoms with Gasteiger partial charge < -0.3 is 10.8 Å². The minimum atomic E-state index is -1.23. The second-order valence-electron chi connectivity index (χ2n) is 4.25. The van der Waals surface area contributed by atoms with Crippen molar-refractivity contribution in [2.24, 2.45) is 11.7 Å². The van der Waals surface area contributed by atoms with E-state index in [0.29, 0.717) is 18.4 Å². The number of hydrogen-bond donors (Lipinski definition) is 2. The summed E-state index contributed by atoms with van der Waals surface area (Å²) < 4.78 is 0. The fourth-order valence-electron chi connectivity index (χ4n) is 1.61. The van der Waals surface area contributed by atoms with Crippen LogP contribution in [0, 0.1) is 16.0 Å². The Kier molecular flexibility index (Phi) is 4.57. The van der Waals surface area contributed by atoms with Crippen LogP contribution in [0.1, 0.15) is 29.3 Å². The molecule has 7 nitrogen and oxygen atoms in total. The largest absolute Gasteiger partial charge is 0.478 e. The van der Waals surface area contributed by atoms with Crippen LogP contribution in [0.15, 0.2) is 18.2 Å². The van der Waals surface area contributed by atoms with Crippen molar-refractivity contribution in [3.63, 3.8) is 0 Å². The number of nitrogens with zero attached hydrogens (tertiary/aromatic N) is 1. The van der Waals surface area contributed by atoms with E-state index in [1.807, 2.05) is 0 Å². The SMILES string of the molecule is CC(CCc1ccc([N+](=O)[O-])cc1C(=O)O)C(N)=O. The first-order valence-corrected chi connectivity index (χ1v) is 5.63. The number of rotatable bonds is 6. The van der Waals surface area contributed by atoms with E-state index in [9.17, 15) is 19.7 Å². The highest BCUT2D eigenvalue weighted by molar-refractivity contribution is 5.90. The lowest BCUT2D eigenvalue weighted by molar-refractivity contribution is -0.384. The zero-order valence-corrected chi connectivity index (χ0v) is 10.3. The van der Waals surface area contributed by atoms with E-state index < -0.39 is 16.8 Å². The van der Waals surface area contributed by atoms with Crippen molar-refractivity contribution < 1.29 is 19.6 Å². The average molecular weight is 266 g/mol. The number of primary amides is 1. The Balaban J connectivity index is 2.97. The molecule has 1 aromatic carbocycles. The Morgan fingerprint density at radius 1 is 1.47 bits per heavy atom. The van der Waals surface area contributed by atoms with Crippen molar-refractivity contribution in [2.75, 3.05) is 0 Å². The monoisotopic (exact) mass is 266 g/mol. The number of nitrogens with two attached hydrogens (primary N) is 1. The number of benzene rings is 1. The number of carboxylic acids is 1. The number of amides is 1. The van der Waals surface area contributed by atoms with Crippen LogP contribution in [-0.4, -0.2) is 21.9 Å². The summed E-state index contributed by atoms with van der Waals surface area (Å²) in [5, 5.41) is 19.6. The van der Waals surface area contributed by atoms with Gasteiger partial charge in [-0.05, 0) is 18.4 Å². The number of aryl methyl sites for hydroxylation is 1. The molecule has 1 aromatic rings. The second-order valence-corrected chi connectivity index (χ2v) is 4.25. The number of carbonyl (C=O) groups excluding carboxylic acids is 1. The summed E-state index contributed by atoms with van der Waals surface area (Å²) in [6.45, 7) is 1.65. The summed E-state index contributed by atoms with van der Waals surface area (Å²) in [5.74, 6) is -2.07. The van der Waals surface area contributed by atoms with Crippen LogP contribution in [0.25, 0.3) is 0 Å². The van der Waals surface area contributed by atoms with Gasteiger partial charge in [-0.25, -0.2) is 4.79 Å². The Morgan fingerprint density at radius 3 is 2.58 bits per heavy atom. The van der Waals surface area contributed by atoms with Crippen LogP contribution in [0.4, 0.5) is 5.69 Å². The third kappa shape index (κ3) is 3.77. The van der Waals surface area contributed by atoms with Gasteiger partial charge in [-0.3, -0.25) is 14.9 Å². The number of hydrogen-bond acceptors (Lipinski definition) is 4. The van der Waals surface area contributed by atoms with Crippen LogP contribution < -0.4 is 5.73 Å². The van der Waals surface area contributed by atoms with Crippen molar-refractivity contribution in [3.05, 3.63) is 39.4 Å². The van der Waals surface area contributed by atoms with E-state index in [2.05, 4.69) is 0 Å². The lowest BCUT2D eigenvalue weighted by Crippen LogP contribution is -2.21. The van der Waals surface area contributed by atoms with E-state index in [-0.39, 0.29) is 17.2 Å². The topological polar surface area (TPSA) is 124 Å². The van der Waals surface area contributed by atoms with Crippen LogP contribution in [0.3, 0.4) is 0 Å². The molecule has 0 radical (unpaired) electrons. The second kappa shape index (κ2) is 5.94. The number of carboxylic acid groups (broad SMARTS) is 1. The van der Waals surface area contributed by atoms with E-state index >= 15 is 0 Å². The van der Waals surface area contributed by atoms with Crippen LogP contribution in [0.5, 0.6) is 0 Å². The highest BCUT2D eigenvalue weighted by atomic mass is 16.6. The summed E-state index contributed by atoms with van der Waals surface area (Å²) in [6.07, 6.45) is 0.719. The van der Waals surface area contributed by atoms with Gasteiger partial charge in [0.05, 0.1) is 10.5 Å². The molecule has 0 heterocycles. The minimum absolute atomic E-state index is 0.120. The zero-order chi connectivity index (χ0) is 14.6. The molecule has 102 valence electrons. The number of nitro benzene ring substituents is 1. The quantitative estimate of drug-likeness (QED) is 0.594. The number of nitro groups is 1. The molecule has 1 unspecified atom stereocenters. The Labute approximate surface area is 109 Å². The molecule has 0 aromatic heterocycles. The van der Waals surface area contributed by atoms with E-state index in [1.54, 1.807) is 6.92 Å². The molecule has 0 aliphatic heterocycles. The van der Waals surface area contributed by atoms with E-state index in [4.69, 9.17) is 10.8 Å². The predicted octanol–water partition coefficient (Wildman–Crippen LogP) is 1.35. The number of aromatic carboxylic acids is 1. The number of carbonyl (C=O) groups is 2. The lowest BCUT2D eigenvalue weighted by Gasteiger charge is -2.09. The normalized spacial score (nSPS) is 11.8. The van der Waals surface area contributed by atoms with Crippen molar-refractivity contribution in [1.82, 2.24) is 0 Å². The molecule has 1 atom stereocenters. The summed E-state index contributed by atoms with van der Waals surface area (Å²) in [6, 6.07) is 3.67. The molecule has 7 heteroatoms. The molecule has 1 rings (SSSR count). The van der Waals surface area contributed by atoms with Crippen LogP contribution in [-0.2, 0) is 11.2 Å². The van der Waals surface area contributed by atoms with Gasteiger partial charge in [-0.1, -0.05) is 13.0 Å². The minimum Gasteiger partial charge on any atom is -0.478 e. The Hall–Kier alpha value is -2.44. The smallest absolute Gasteiger partial charge is 0.336 e. The van der Waals surface area contributed by atoms with Gasteiger partial charge in [-0.2, -0.15) is 0 Å². The van der Waals surface area contributed by atoms with Gasteiger partial charge in [0.1, 0.15) is 0 Å². The fourth-order valence-corrected chi connectivity index (χ4v) is 1.61. The maximum Gasteiger partial charge on any atom is 0.336 e. The van der Waals surface area contributed by atoms with Gasteiger partial charge >= 0.3 is 5.97 Å². The molecule has 0 saturated carbocycles. The van der Waals surface area contributed by atoms with Gasteiger partial charge in [0.25, 0.3) is 5.69 Å². The average Bonchev–Trinajstić information content (AvgIpc) is 2.35. The molecule has 0 bridgehead atoms. The molecular weight excluding hydrogens is 252 g/mol. The lowest BCUT2D eigenvalue weighted by atomic mass is 9.97. The van der Waals surface area contributed by atoms with Crippen LogP contribution in [0.2, 0.25) is 0 Å². The first-order chi connectivity index (χ1) is 8.82. The van der Waals surface area contributed by atoms with Gasteiger partial charge in [-0.15, -0.1) is 0 Å².